The summed E-state index contributed by atoms with van der Waals surface area (Å²) in [6.45, 7) is 0.518. The van der Waals surface area contributed by atoms with E-state index in [0.29, 0.717) is 17.9 Å². The van der Waals surface area contributed by atoms with Crippen LogP contribution in [0.4, 0.5) is 5.69 Å². The second-order valence-electron chi connectivity index (χ2n) is 4.64. The van der Waals surface area contributed by atoms with E-state index in [-0.39, 0.29) is 10.6 Å². The van der Waals surface area contributed by atoms with E-state index in [1.807, 2.05) is 30.3 Å². The Bertz CT molecular complexity index is 819. The maximum Gasteiger partial charge on any atom is 0.292 e. The van der Waals surface area contributed by atoms with Gasteiger partial charge in [0.2, 0.25) is 0 Å². The molecule has 22 heavy (non-hydrogen) atoms. The molecule has 0 amide bonds. The van der Waals surface area contributed by atoms with Gasteiger partial charge in [-0.2, -0.15) is 9.78 Å². The summed E-state index contributed by atoms with van der Waals surface area (Å²) in [5.41, 5.74) is 1.81. The Balaban J connectivity index is 1.86. The zero-order valence-corrected chi connectivity index (χ0v) is 12.4. The van der Waals surface area contributed by atoms with Gasteiger partial charge in [-0.05, 0) is 23.8 Å². The molecule has 0 saturated carbocycles. The fourth-order valence-electron chi connectivity index (χ4n) is 2.01. The number of aromatic nitrogens is 3. The van der Waals surface area contributed by atoms with Gasteiger partial charge in [0.05, 0.1) is 17.6 Å². The Kier molecular flexibility index (Phi) is 4.16. The summed E-state index contributed by atoms with van der Waals surface area (Å²) in [5, 5.41) is 7.38. The highest BCUT2D eigenvalue weighted by Gasteiger charge is 2.10. The largest absolute Gasteiger partial charge is 0.378 e. The molecule has 1 aromatic carbocycles. The molecule has 2 heterocycles. The van der Waals surface area contributed by atoms with E-state index in [1.165, 1.54) is 4.68 Å². The van der Waals surface area contributed by atoms with Gasteiger partial charge in [0.25, 0.3) is 5.56 Å². The monoisotopic (exact) mass is 312 g/mol. The molecule has 6 heteroatoms. The Morgan fingerprint density at radius 2 is 1.91 bits per heavy atom. The average Bonchev–Trinajstić information content (AvgIpc) is 2.58. The summed E-state index contributed by atoms with van der Waals surface area (Å²) in [7, 11) is 0. The van der Waals surface area contributed by atoms with Crippen LogP contribution in [0.3, 0.4) is 0 Å². The summed E-state index contributed by atoms with van der Waals surface area (Å²) in [6, 6.07) is 12.9. The highest BCUT2D eigenvalue weighted by Crippen LogP contribution is 2.17. The van der Waals surface area contributed by atoms with Crippen molar-refractivity contribution >= 4 is 17.3 Å². The molecule has 2 aromatic heterocycles. The summed E-state index contributed by atoms with van der Waals surface area (Å²) in [6.07, 6.45) is 5.01. The highest BCUT2D eigenvalue weighted by molar-refractivity contribution is 6.32. The van der Waals surface area contributed by atoms with Gasteiger partial charge >= 0.3 is 0 Å². The standard InChI is InChI=1S/C16H13ClN4O/c17-15-14(19-10-12-5-4-8-18-9-12)11-20-21(16(15)22)13-6-2-1-3-7-13/h1-9,11,19H,10H2. The number of pyridine rings is 1. The van der Waals surface area contributed by atoms with Crippen LogP contribution in [-0.4, -0.2) is 14.8 Å². The summed E-state index contributed by atoms with van der Waals surface area (Å²) < 4.78 is 1.28. The zero-order chi connectivity index (χ0) is 15.4. The second-order valence-corrected chi connectivity index (χ2v) is 5.02. The first-order valence-corrected chi connectivity index (χ1v) is 7.09. The molecule has 0 aliphatic carbocycles. The fourth-order valence-corrected chi connectivity index (χ4v) is 2.20. The zero-order valence-electron chi connectivity index (χ0n) is 11.6. The lowest BCUT2D eigenvalue weighted by atomic mass is 10.3. The van der Waals surface area contributed by atoms with Crippen molar-refractivity contribution in [3.8, 4) is 5.69 Å². The number of rotatable bonds is 4. The first kappa shape index (κ1) is 14.3. The molecular formula is C16H13ClN4O. The lowest BCUT2D eigenvalue weighted by molar-refractivity contribution is 0.807. The lowest BCUT2D eigenvalue weighted by Crippen LogP contribution is -2.22. The molecule has 0 unspecified atom stereocenters. The molecule has 0 atom stereocenters. The maximum absolute atomic E-state index is 12.3. The number of hydrogen-bond acceptors (Lipinski definition) is 4. The SMILES string of the molecule is O=c1c(Cl)c(NCc2cccnc2)cnn1-c1ccccc1. The van der Waals surface area contributed by atoms with E-state index in [0.717, 1.165) is 5.56 Å². The van der Waals surface area contributed by atoms with Crippen LogP contribution in [0.1, 0.15) is 5.56 Å². The third-order valence-corrected chi connectivity index (χ3v) is 3.49. The fraction of sp³-hybridized carbons (Fsp3) is 0.0625. The predicted octanol–water partition coefficient (Wildman–Crippen LogP) is 2.89. The highest BCUT2D eigenvalue weighted by atomic mass is 35.5. The predicted molar refractivity (Wildman–Crippen MR) is 86.4 cm³/mol. The van der Waals surface area contributed by atoms with Gasteiger partial charge in [0, 0.05) is 18.9 Å². The number of hydrogen-bond donors (Lipinski definition) is 1. The lowest BCUT2D eigenvalue weighted by Gasteiger charge is -2.10. The van der Waals surface area contributed by atoms with Crippen molar-refractivity contribution < 1.29 is 0 Å². The molecule has 3 aromatic rings. The summed E-state index contributed by atoms with van der Waals surface area (Å²) >= 11 is 6.16. The summed E-state index contributed by atoms with van der Waals surface area (Å²) in [5.74, 6) is 0. The van der Waals surface area contributed by atoms with Gasteiger partial charge in [-0.25, -0.2) is 0 Å². The van der Waals surface area contributed by atoms with Crippen LogP contribution in [0.25, 0.3) is 5.69 Å². The molecule has 0 radical (unpaired) electrons. The third-order valence-electron chi connectivity index (χ3n) is 3.13. The molecule has 0 aliphatic heterocycles. The van der Waals surface area contributed by atoms with E-state index in [2.05, 4.69) is 15.4 Å². The van der Waals surface area contributed by atoms with E-state index in [9.17, 15) is 4.79 Å². The quantitative estimate of drug-likeness (QED) is 0.804. The molecule has 0 aliphatic rings. The van der Waals surface area contributed by atoms with Crippen LogP contribution in [0.2, 0.25) is 5.02 Å². The van der Waals surface area contributed by atoms with Gasteiger partial charge in [-0.3, -0.25) is 9.78 Å². The molecule has 0 saturated heterocycles. The van der Waals surface area contributed by atoms with Crippen LogP contribution in [0.15, 0.2) is 65.8 Å². The Labute approximate surface area is 132 Å². The number of nitrogens with one attached hydrogen (secondary N) is 1. The number of para-hydroxylation sites is 1. The van der Waals surface area contributed by atoms with Gasteiger partial charge < -0.3 is 5.32 Å². The van der Waals surface area contributed by atoms with Crippen molar-refractivity contribution in [3.05, 3.63) is 82.0 Å². The van der Waals surface area contributed by atoms with Crippen LogP contribution in [0.5, 0.6) is 0 Å². The number of nitrogens with zero attached hydrogens (tertiary/aromatic N) is 3. The molecule has 110 valence electrons. The Morgan fingerprint density at radius 3 is 2.64 bits per heavy atom. The summed E-state index contributed by atoms with van der Waals surface area (Å²) in [4.78, 5) is 16.4. The molecular weight excluding hydrogens is 300 g/mol. The van der Waals surface area contributed by atoms with Crippen molar-refractivity contribution in [2.24, 2.45) is 0 Å². The Morgan fingerprint density at radius 1 is 1.09 bits per heavy atom. The second kappa shape index (κ2) is 6.41. The van der Waals surface area contributed by atoms with E-state index in [4.69, 9.17) is 11.6 Å². The van der Waals surface area contributed by atoms with Gasteiger partial charge in [-0.1, -0.05) is 35.9 Å². The molecule has 0 fully saturated rings. The van der Waals surface area contributed by atoms with Gasteiger partial charge in [-0.15, -0.1) is 0 Å². The molecule has 3 rings (SSSR count). The maximum atomic E-state index is 12.3. The molecule has 1 N–H and O–H groups in total. The van der Waals surface area contributed by atoms with Gasteiger partial charge in [0.1, 0.15) is 5.02 Å². The Hall–Kier alpha value is -2.66. The number of benzene rings is 1. The molecule has 5 nitrogen and oxygen atoms in total. The van der Waals surface area contributed by atoms with E-state index in [1.54, 1.807) is 30.7 Å². The first-order chi connectivity index (χ1) is 10.8. The van der Waals surface area contributed by atoms with Crippen molar-refractivity contribution in [2.75, 3.05) is 5.32 Å². The minimum atomic E-state index is -0.357. The van der Waals surface area contributed by atoms with Gasteiger partial charge in [0.15, 0.2) is 0 Å². The van der Waals surface area contributed by atoms with Crippen molar-refractivity contribution in [2.45, 2.75) is 6.54 Å². The third kappa shape index (κ3) is 2.99. The smallest absolute Gasteiger partial charge is 0.292 e. The van der Waals surface area contributed by atoms with Crippen LogP contribution >= 0.6 is 11.6 Å². The van der Waals surface area contributed by atoms with Crippen molar-refractivity contribution in [3.63, 3.8) is 0 Å². The minimum Gasteiger partial charge on any atom is -0.378 e. The van der Waals surface area contributed by atoms with E-state index < -0.39 is 0 Å². The average molecular weight is 313 g/mol. The molecule has 0 bridgehead atoms. The topological polar surface area (TPSA) is 59.8 Å². The van der Waals surface area contributed by atoms with Crippen LogP contribution in [0, 0.1) is 0 Å². The van der Waals surface area contributed by atoms with Crippen LogP contribution in [-0.2, 0) is 6.54 Å². The molecule has 0 spiro atoms. The van der Waals surface area contributed by atoms with Crippen molar-refractivity contribution in [1.82, 2.24) is 14.8 Å². The van der Waals surface area contributed by atoms with E-state index >= 15 is 0 Å². The normalized spacial score (nSPS) is 10.4. The first-order valence-electron chi connectivity index (χ1n) is 6.72. The van der Waals surface area contributed by atoms with Crippen molar-refractivity contribution in [1.29, 1.82) is 0 Å². The van der Waals surface area contributed by atoms with Crippen LogP contribution < -0.4 is 10.9 Å². The number of halogens is 1. The minimum absolute atomic E-state index is 0.114. The number of anilines is 1.